The molecule has 0 fully saturated rings. The van der Waals surface area contributed by atoms with Gasteiger partial charge < -0.3 is 5.11 Å². The van der Waals surface area contributed by atoms with Crippen molar-refractivity contribution in [3.8, 4) is 0 Å². The van der Waals surface area contributed by atoms with Gasteiger partial charge in [0.15, 0.2) is 0 Å². The summed E-state index contributed by atoms with van der Waals surface area (Å²) in [7, 11) is 0. The average molecular weight is 182 g/mol. The van der Waals surface area contributed by atoms with Crippen LogP contribution >= 0.6 is 11.8 Å². The first-order valence-corrected chi connectivity index (χ1v) is 4.77. The molecule has 0 unspecified atom stereocenters. The summed E-state index contributed by atoms with van der Waals surface area (Å²) in [6.45, 7) is 5.63. The molecule has 0 saturated carbocycles. The third-order valence-corrected chi connectivity index (χ3v) is 2.35. The van der Waals surface area contributed by atoms with Gasteiger partial charge in [-0.05, 0) is 32.9 Å². The van der Waals surface area contributed by atoms with Crippen molar-refractivity contribution in [3.05, 3.63) is 29.8 Å². The van der Waals surface area contributed by atoms with E-state index in [1.165, 1.54) is 17.3 Å². The zero-order valence-corrected chi connectivity index (χ0v) is 8.48. The molecule has 2 heteroatoms. The van der Waals surface area contributed by atoms with Crippen LogP contribution in [0.4, 0.5) is 0 Å². The summed E-state index contributed by atoms with van der Waals surface area (Å²) in [5.74, 6) is 0. The second-order valence-electron chi connectivity index (χ2n) is 3.37. The van der Waals surface area contributed by atoms with Crippen LogP contribution < -0.4 is 0 Å². The third-order valence-electron chi connectivity index (χ3n) is 1.36. The fourth-order valence-electron chi connectivity index (χ4n) is 0.967. The minimum Gasteiger partial charge on any atom is -0.380 e. The van der Waals surface area contributed by atoms with E-state index in [-0.39, 0.29) is 0 Å². The van der Waals surface area contributed by atoms with Gasteiger partial charge >= 0.3 is 0 Å². The van der Waals surface area contributed by atoms with Crippen LogP contribution in [-0.2, 0) is 0 Å². The molecule has 12 heavy (non-hydrogen) atoms. The second kappa shape index (κ2) is 3.50. The number of aliphatic hydroxyl groups is 1. The minimum absolute atomic E-state index is 0.687. The first kappa shape index (κ1) is 9.62. The van der Waals surface area contributed by atoms with Crippen molar-refractivity contribution in [2.45, 2.75) is 30.6 Å². The average Bonchev–Trinajstić information content (AvgIpc) is 1.82. The van der Waals surface area contributed by atoms with Crippen molar-refractivity contribution in [2.24, 2.45) is 0 Å². The number of hydrogen-bond acceptors (Lipinski definition) is 2. The van der Waals surface area contributed by atoms with Crippen LogP contribution in [0.5, 0.6) is 0 Å². The Kier molecular flexibility index (Phi) is 2.80. The summed E-state index contributed by atoms with van der Waals surface area (Å²) in [6.07, 6.45) is 0. The van der Waals surface area contributed by atoms with Crippen LogP contribution in [0.2, 0.25) is 0 Å². The van der Waals surface area contributed by atoms with Crippen molar-refractivity contribution < 1.29 is 5.11 Å². The van der Waals surface area contributed by atoms with Crippen LogP contribution in [0, 0.1) is 6.92 Å². The lowest BCUT2D eigenvalue weighted by molar-refractivity contribution is 0.179. The van der Waals surface area contributed by atoms with E-state index in [0.29, 0.717) is 0 Å². The molecule has 1 aromatic rings. The lowest BCUT2D eigenvalue weighted by atomic mass is 10.2. The highest BCUT2D eigenvalue weighted by molar-refractivity contribution is 8.00. The van der Waals surface area contributed by atoms with E-state index >= 15 is 0 Å². The van der Waals surface area contributed by atoms with Crippen LogP contribution in [-0.4, -0.2) is 10.0 Å². The molecule has 1 N–H and O–H groups in total. The van der Waals surface area contributed by atoms with Crippen molar-refractivity contribution in [2.75, 3.05) is 0 Å². The van der Waals surface area contributed by atoms with Crippen molar-refractivity contribution >= 4 is 11.8 Å². The molecule has 1 rings (SSSR count). The highest BCUT2D eigenvalue weighted by atomic mass is 32.2. The van der Waals surface area contributed by atoms with Gasteiger partial charge in [-0.1, -0.05) is 29.5 Å². The van der Waals surface area contributed by atoms with Gasteiger partial charge in [0, 0.05) is 4.90 Å². The quantitative estimate of drug-likeness (QED) is 0.560. The lowest BCUT2D eigenvalue weighted by Gasteiger charge is -2.16. The topological polar surface area (TPSA) is 20.2 Å². The van der Waals surface area contributed by atoms with Crippen LogP contribution in [0.25, 0.3) is 0 Å². The highest BCUT2D eigenvalue weighted by Gasteiger charge is 2.13. The predicted molar refractivity (Wildman–Crippen MR) is 53.3 cm³/mol. The second-order valence-corrected chi connectivity index (χ2v) is 5.04. The molecule has 1 nitrogen and oxygen atoms in total. The smallest absolute Gasteiger partial charge is 0.109 e. The van der Waals surface area contributed by atoms with Gasteiger partial charge in [0.05, 0.1) is 0 Å². The minimum atomic E-state index is -0.687. The van der Waals surface area contributed by atoms with Gasteiger partial charge in [-0.3, -0.25) is 0 Å². The monoisotopic (exact) mass is 182 g/mol. The zero-order chi connectivity index (χ0) is 9.19. The molecule has 0 atom stereocenters. The number of aryl methyl sites for hydroxylation is 1. The van der Waals surface area contributed by atoms with Crippen LogP contribution in [0.3, 0.4) is 0 Å². The largest absolute Gasteiger partial charge is 0.380 e. The summed E-state index contributed by atoms with van der Waals surface area (Å²) in [4.78, 5) is 0.427. The van der Waals surface area contributed by atoms with Crippen LogP contribution in [0.1, 0.15) is 19.4 Å². The Labute approximate surface area is 77.8 Å². The molecule has 0 spiro atoms. The van der Waals surface area contributed by atoms with Crippen molar-refractivity contribution in [3.63, 3.8) is 0 Å². The fraction of sp³-hybridized carbons (Fsp3) is 0.400. The summed E-state index contributed by atoms with van der Waals surface area (Å²) >= 11 is 1.47. The van der Waals surface area contributed by atoms with E-state index in [4.69, 9.17) is 0 Å². The standard InChI is InChI=1S/C10H14OS/c1-8-5-4-6-9(7-8)12-10(2,3)11/h4-7,11H,1-3H3. The lowest BCUT2D eigenvalue weighted by Crippen LogP contribution is -2.11. The maximum absolute atomic E-state index is 9.52. The first-order valence-electron chi connectivity index (χ1n) is 3.95. The van der Waals surface area contributed by atoms with E-state index < -0.39 is 4.93 Å². The Morgan fingerprint density at radius 1 is 1.33 bits per heavy atom. The van der Waals surface area contributed by atoms with Gasteiger partial charge in [-0.2, -0.15) is 0 Å². The Morgan fingerprint density at radius 3 is 2.50 bits per heavy atom. The molecule has 1 aromatic carbocycles. The highest BCUT2D eigenvalue weighted by Crippen LogP contribution is 2.29. The fourth-order valence-corrected chi connectivity index (χ4v) is 1.94. The molecule has 0 aliphatic carbocycles. The molecule has 0 aliphatic heterocycles. The van der Waals surface area contributed by atoms with E-state index in [1.54, 1.807) is 13.8 Å². The molecule has 0 saturated heterocycles. The Hall–Kier alpha value is -0.470. The number of thioether (sulfide) groups is 1. The SMILES string of the molecule is Cc1cccc(SC(C)(C)O)c1. The molecule has 0 aliphatic rings. The summed E-state index contributed by atoms with van der Waals surface area (Å²) in [6, 6.07) is 8.14. The molecule has 0 heterocycles. The number of benzene rings is 1. The predicted octanol–water partition coefficient (Wildman–Crippen LogP) is 2.82. The van der Waals surface area contributed by atoms with Gasteiger partial charge in [-0.25, -0.2) is 0 Å². The maximum atomic E-state index is 9.52. The number of hydrogen-bond donors (Lipinski definition) is 1. The van der Waals surface area contributed by atoms with Gasteiger partial charge in [0.1, 0.15) is 4.93 Å². The molecule has 0 aromatic heterocycles. The first-order chi connectivity index (χ1) is 5.47. The molecular formula is C10H14OS. The maximum Gasteiger partial charge on any atom is 0.109 e. The van der Waals surface area contributed by atoms with E-state index in [0.717, 1.165) is 4.90 Å². The normalized spacial score (nSPS) is 11.7. The van der Waals surface area contributed by atoms with Gasteiger partial charge in [0.25, 0.3) is 0 Å². The zero-order valence-electron chi connectivity index (χ0n) is 7.66. The Bertz CT molecular complexity index is 263. The molecule has 0 bridgehead atoms. The summed E-state index contributed by atoms with van der Waals surface area (Å²) < 4.78 is 0. The Balaban J connectivity index is 2.77. The third kappa shape index (κ3) is 3.28. The van der Waals surface area contributed by atoms with Gasteiger partial charge in [-0.15, -0.1) is 0 Å². The van der Waals surface area contributed by atoms with Crippen LogP contribution in [0.15, 0.2) is 29.2 Å². The summed E-state index contributed by atoms with van der Waals surface area (Å²) in [5, 5.41) is 9.52. The number of rotatable bonds is 2. The molecule has 0 radical (unpaired) electrons. The van der Waals surface area contributed by atoms with Crippen molar-refractivity contribution in [1.82, 2.24) is 0 Å². The van der Waals surface area contributed by atoms with E-state index in [1.807, 2.05) is 12.1 Å². The molecular weight excluding hydrogens is 168 g/mol. The Morgan fingerprint density at radius 2 is 2.00 bits per heavy atom. The summed E-state index contributed by atoms with van der Waals surface area (Å²) in [5.41, 5.74) is 1.23. The van der Waals surface area contributed by atoms with E-state index in [2.05, 4.69) is 19.1 Å². The van der Waals surface area contributed by atoms with Crippen molar-refractivity contribution in [1.29, 1.82) is 0 Å². The molecule has 0 amide bonds. The van der Waals surface area contributed by atoms with E-state index in [9.17, 15) is 5.11 Å². The molecule has 66 valence electrons. The van der Waals surface area contributed by atoms with Gasteiger partial charge in [0.2, 0.25) is 0 Å².